The van der Waals surface area contributed by atoms with Crippen molar-refractivity contribution in [2.24, 2.45) is 0 Å². The fraction of sp³-hybridized carbons (Fsp3) is 0.286. The van der Waals surface area contributed by atoms with Crippen molar-refractivity contribution in [1.82, 2.24) is 19.1 Å². The molecular weight excluding hydrogens is 448 g/mol. The molecule has 0 saturated carbocycles. The Morgan fingerprint density at radius 1 is 0.793 bits per heavy atom. The van der Waals surface area contributed by atoms with Gasteiger partial charge in [0.2, 0.25) is 0 Å². The molecule has 165 valence electrons. The molecule has 0 atom stereocenters. The number of nitrogens with one attached hydrogen (secondary N) is 2. The first-order valence-corrected chi connectivity index (χ1v) is 7.01. The summed E-state index contributed by atoms with van der Waals surface area (Å²) in [5.41, 5.74) is -1.97. The van der Waals surface area contributed by atoms with Crippen molar-refractivity contribution in [2.75, 3.05) is 0 Å². The molecule has 0 aliphatic heterocycles. The molecule has 0 aliphatic carbocycles. The molecule has 0 aromatic carbocycles. The molecule has 2 heterocycles. The molecule has 1 radical (unpaired) electrons. The zero-order valence-corrected chi connectivity index (χ0v) is 16.1. The summed E-state index contributed by atoms with van der Waals surface area (Å²) < 4.78 is 1.73. The van der Waals surface area contributed by atoms with Gasteiger partial charge < -0.3 is 30.8 Å². The molecular formula is C14H20CuN4O10+2. The van der Waals surface area contributed by atoms with Gasteiger partial charge in [-0.2, -0.15) is 0 Å². The molecule has 0 fully saturated rings. The average molecular weight is 468 g/mol. The normalized spacial score (nSPS) is 8.90. The number of aromatic nitrogens is 4. The first kappa shape index (κ1) is 30.5. The third kappa shape index (κ3) is 9.48. The molecule has 15 heteroatoms. The number of carboxylic acids is 2. The van der Waals surface area contributed by atoms with Gasteiger partial charge in [0.05, 0.1) is 25.0 Å². The zero-order valence-electron chi connectivity index (χ0n) is 15.2. The molecule has 0 amide bonds. The van der Waals surface area contributed by atoms with Crippen LogP contribution in [0.1, 0.15) is 11.1 Å². The fourth-order valence-corrected chi connectivity index (χ4v) is 1.75. The van der Waals surface area contributed by atoms with Gasteiger partial charge in [-0.25, -0.2) is 9.59 Å². The van der Waals surface area contributed by atoms with Crippen LogP contribution in [0.4, 0.5) is 0 Å². The summed E-state index contributed by atoms with van der Waals surface area (Å²) in [6, 6.07) is 0. The van der Waals surface area contributed by atoms with E-state index >= 15 is 0 Å². The first-order chi connectivity index (χ1) is 12.0. The molecule has 2 aromatic heterocycles. The van der Waals surface area contributed by atoms with Crippen molar-refractivity contribution in [1.29, 1.82) is 0 Å². The second-order valence-corrected chi connectivity index (χ2v) is 5.14. The Morgan fingerprint density at radius 2 is 1.07 bits per heavy atom. The van der Waals surface area contributed by atoms with E-state index < -0.39 is 47.5 Å². The summed E-state index contributed by atoms with van der Waals surface area (Å²) in [5.74, 6) is -2.76. The predicted octanol–water partition coefficient (Wildman–Crippen LogP) is -6.66. The van der Waals surface area contributed by atoms with Gasteiger partial charge in [-0.15, -0.1) is 0 Å². The number of H-pyrrole nitrogens is 2. The van der Waals surface area contributed by atoms with Crippen molar-refractivity contribution in [3.8, 4) is 0 Å². The number of carbonyl (C=O) groups excluding carboxylic acids is 2. The minimum atomic E-state index is -1.38. The fourth-order valence-electron chi connectivity index (χ4n) is 1.75. The van der Waals surface area contributed by atoms with Gasteiger partial charge in [0.25, 0.3) is 11.1 Å². The Kier molecular flexibility index (Phi) is 13.7. The minimum Gasteiger partial charge on any atom is -0.548 e. The van der Waals surface area contributed by atoms with E-state index in [9.17, 15) is 39.0 Å². The molecule has 29 heavy (non-hydrogen) atoms. The van der Waals surface area contributed by atoms with E-state index in [2.05, 4.69) is 0 Å². The number of hydrogen-bond donors (Lipinski definition) is 2. The summed E-state index contributed by atoms with van der Waals surface area (Å²) in [6.07, 6.45) is 2.36. The van der Waals surface area contributed by atoms with Gasteiger partial charge >= 0.3 is 28.4 Å². The number of rotatable bonds is 4. The maximum Gasteiger partial charge on any atom is 2.00 e. The van der Waals surface area contributed by atoms with E-state index in [0.29, 0.717) is 0 Å². The number of hydrogen-bond acceptors (Lipinski definition) is 8. The molecule has 2 aromatic rings. The van der Waals surface area contributed by atoms with Crippen LogP contribution in [-0.4, -0.2) is 31.0 Å². The van der Waals surface area contributed by atoms with Crippen molar-refractivity contribution < 1.29 is 47.8 Å². The maximum atomic E-state index is 10.9. The van der Waals surface area contributed by atoms with Crippen LogP contribution in [0.3, 0.4) is 0 Å². The Morgan fingerprint density at radius 3 is 1.31 bits per heavy atom. The molecule has 0 spiro atoms. The molecule has 2 rings (SSSR count). The summed E-state index contributed by atoms with van der Waals surface area (Å²) in [4.78, 5) is 67.8. The first-order valence-electron chi connectivity index (χ1n) is 7.01. The Bertz CT molecular complexity index is 980. The minimum absolute atomic E-state index is 0. The number of aliphatic carboxylic acids is 2. The molecule has 0 unspecified atom stereocenters. The van der Waals surface area contributed by atoms with Gasteiger partial charge in [0.15, 0.2) is 0 Å². The number of carbonyl (C=O) groups is 2. The Labute approximate surface area is 171 Å². The van der Waals surface area contributed by atoms with E-state index in [1.54, 1.807) is 0 Å². The van der Waals surface area contributed by atoms with E-state index in [4.69, 9.17) is 0 Å². The van der Waals surface area contributed by atoms with Crippen molar-refractivity contribution in [3.63, 3.8) is 0 Å². The third-order valence-corrected chi connectivity index (χ3v) is 2.98. The standard InChI is InChI=1S/2C7H8N2O4.Cu.2H2O/c2*1-4-2-9(3-5(10)11)7(13)8-6(4)12;;;/h2*2H,3H2,1H3,(H,10,11)(H,8,12,13);;2*1H2/q;;+2;;. The van der Waals surface area contributed by atoms with Crippen LogP contribution < -0.4 is 32.7 Å². The van der Waals surface area contributed by atoms with Crippen LogP contribution in [0.25, 0.3) is 0 Å². The second kappa shape index (κ2) is 13.0. The molecule has 8 N–H and O–H groups in total. The van der Waals surface area contributed by atoms with Crippen LogP contribution in [-0.2, 0) is 50.7 Å². The van der Waals surface area contributed by atoms with Crippen LogP contribution in [0.15, 0.2) is 31.6 Å². The quantitative estimate of drug-likeness (QED) is 0.321. The second-order valence-electron chi connectivity index (χ2n) is 5.14. The molecule has 0 bridgehead atoms. The van der Waals surface area contributed by atoms with E-state index in [1.807, 2.05) is 9.97 Å². The zero-order chi connectivity index (χ0) is 20.0. The van der Waals surface area contributed by atoms with Crippen molar-refractivity contribution in [3.05, 3.63) is 65.2 Å². The smallest absolute Gasteiger partial charge is 0.548 e. The monoisotopic (exact) mass is 467 g/mol. The average Bonchev–Trinajstić information content (AvgIpc) is 2.50. The topological polar surface area (TPSA) is 256 Å². The molecule has 0 aliphatic rings. The summed E-state index contributed by atoms with van der Waals surface area (Å²) in [7, 11) is 0. The third-order valence-electron chi connectivity index (χ3n) is 2.98. The number of nitrogens with zero attached hydrogens (tertiary/aromatic N) is 2. The summed E-state index contributed by atoms with van der Waals surface area (Å²) >= 11 is 0. The van der Waals surface area contributed by atoms with E-state index in [0.717, 1.165) is 9.13 Å². The van der Waals surface area contributed by atoms with Gasteiger partial charge in [0.1, 0.15) is 0 Å². The molecule has 14 nitrogen and oxygen atoms in total. The van der Waals surface area contributed by atoms with Crippen molar-refractivity contribution >= 4 is 11.9 Å². The number of carboxylic acid groups (broad SMARTS) is 2. The van der Waals surface area contributed by atoms with Gasteiger partial charge in [0, 0.05) is 23.5 Å². The van der Waals surface area contributed by atoms with Gasteiger partial charge in [-0.3, -0.25) is 28.7 Å². The summed E-state index contributed by atoms with van der Waals surface area (Å²) in [5, 5.41) is 20.3. The molecule has 0 saturated heterocycles. The van der Waals surface area contributed by atoms with E-state index in [1.165, 1.54) is 26.2 Å². The maximum absolute atomic E-state index is 10.9. The Hall–Kier alpha value is -3.26. The SMILES string of the molecule is Cc1cn(CC(=O)[O-])c(=O)[nH]c1=O.Cc1cn(CC(=O)[O-])c(=O)[nH]c1=O.[Cu+2].[OH3+].[OH3+]. The van der Waals surface area contributed by atoms with Crippen LogP contribution in [0.5, 0.6) is 0 Å². The van der Waals surface area contributed by atoms with Gasteiger partial charge in [-0.05, 0) is 13.8 Å². The predicted molar refractivity (Wildman–Crippen MR) is 91.9 cm³/mol. The van der Waals surface area contributed by atoms with E-state index in [-0.39, 0.29) is 39.1 Å². The van der Waals surface area contributed by atoms with Crippen LogP contribution in [0, 0.1) is 13.8 Å². The largest absolute Gasteiger partial charge is 2.00 e. The summed E-state index contributed by atoms with van der Waals surface area (Å²) in [6.45, 7) is 1.83. The van der Waals surface area contributed by atoms with Crippen LogP contribution >= 0.6 is 0 Å². The van der Waals surface area contributed by atoms with Crippen LogP contribution in [0.2, 0.25) is 0 Å². The van der Waals surface area contributed by atoms with Crippen molar-refractivity contribution in [2.45, 2.75) is 26.9 Å². The van der Waals surface area contributed by atoms with Gasteiger partial charge in [-0.1, -0.05) is 0 Å². The number of aromatic amines is 2. The Balaban J connectivity index is -0.000000422. The number of aryl methyl sites for hydroxylation is 2.